The molecular weight excluding hydrogens is 551 g/mol. The van der Waals surface area contributed by atoms with E-state index in [-0.39, 0.29) is 23.7 Å². The predicted molar refractivity (Wildman–Crippen MR) is 147 cm³/mol. The first-order valence-corrected chi connectivity index (χ1v) is 15.3. The quantitative estimate of drug-likeness (QED) is 0.388. The minimum absolute atomic E-state index is 0.0378. The van der Waals surface area contributed by atoms with Gasteiger partial charge in [-0.2, -0.15) is 13.2 Å². The molecule has 1 amide bonds. The second-order valence-electron chi connectivity index (χ2n) is 13.4. The fourth-order valence-corrected chi connectivity index (χ4v) is 8.89. The van der Waals surface area contributed by atoms with Gasteiger partial charge in [0.05, 0.1) is 19.3 Å². The number of rotatable bonds is 5. The molecule has 0 aromatic heterocycles. The Labute approximate surface area is 243 Å². The van der Waals surface area contributed by atoms with Crippen LogP contribution in [0.15, 0.2) is 42.5 Å². The molecule has 0 radical (unpaired) electrons. The van der Waals surface area contributed by atoms with E-state index in [1.165, 1.54) is 24.3 Å². The molecule has 0 N–H and O–H groups in total. The Bertz CT molecular complexity index is 1340. The lowest BCUT2D eigenvalue weighted by Gasteiger charge is -2.48. The number of hydrogen-bond donors (Lipinski definition) is 0. The summed E-state index contributed by atoms with van der Waals surface area (Å²) in [5.41, 5.74) is -1.88. The highest BCUT2D eigenvalue weighted by Gasteiger charge is 2.57. The summed E-state index contributed by atoms with van der Waals surface area (Å²) in [6, 6.07) is 11.8. The highest BCUT2D eigenvalue weighted by molar-refractivity contribution is 5.80. The topological polar surface area (TPSA) is 32.8 Å². The lowest BCUT2D eigenvalue weighted by Crippen LogP contribution is -2.58. The van der Waals surface area contributed by atoms with Gasteiger partial charge in [-0.05, 0) is 92.7 Å². The number of aryl methyl sites for hydroxylation is 1. The number of likely N-dealkylation sites (tertiary alicyclic amines) is 1. The summed E-state index contributed by atoms with van der Waals surface area (Å²) in [7, 11) is 0. The third-order valence-electron chi connectivity index (χ3n) is 11.1. The van der Waals surface area contributed by atoms with Crippen molar-refractivity contribution in [2.75, 3.05) is 19.8 Å². The molecule has 1 unspecified atom stereocenters. The predicted octanol–water partition coefficient (Wildman–Crippen LogP) is 6.24. The molecule has 4 fully saturated rings. The minimum Gasteiger partial charge on any atom is -0.378 e. The zero-order valence-corrected chi connectivity index (χ0v) is 23.8. The standard InChI is InChI=1S/C33H37F5N2O2/c1-31(35,33(36,37)38)23-5-10-28-21(14-23)4-11-29-32(28,17-20-2-6-24(34)7-3-20)12-13-39(29)30(41)22-15-25-8-9-26(16-22)40(25)27-18-42-19-27/h2-3,5-7,10,14,22,25-27,29H,4,8-9,11-13,15-19H2,1H3/t22-,25-,26+,29-,31?,32-/m1/s1. The van der Waals surface area contributed by atoms with E-state index in [0.29, 0.717) is 62.8 Å². The van der Waals surface area contributed by atoms with E-state index in [0.717, 1.165) is 50.0 Å². The molecule has 2 bridgehead atoms. The van der Waals surface area contributed by atoms with Crippen LogP contribution in [0.25, 0.3) is 0 Å². The van der Waals surface area contributed by atoms with E-state index in [9.17, 15) is 26.7 Å². The molecule has 2 aromatic rings. The molecule has 4 aliphatic heterocycles. The molecule has 7 rings (SSSR count). The smallest absolute Gasteiger partial charge is 0.378 e. The van der Waals surface area contributed by atoms with Crippen molar-refractivity contribution in [3.05, 3.63) is 70.5 Å². The third-order valence-corrected chi connectivity index (χ3v) is 11.1. The Morgan fingerprint density at radius 1 is 0.976 bits per heavy atom. The fraction of sp³-hybridized carbons (Fsp3) is 0.606. The maximum Gasteiger partial charge on any atom is 0.426 e. The number of alkyl halides is 4. The van der Waals surface area contributed by atoms with Crippen molar-refractivity contribution in [1.29, 1.82) is 0 Å². The second-order valence-corrected chi connectivity index (χ2v) is 13.4. The number of halogens is 5. The average molecular weight is 589 g/mol. The summed E-state index contributed by atoms with van der Waals surface area (Å²) in [5.74, 6) is -0.187. The lowest BCUT2D eigenvalue weighted by molar-refractivity contribution is -0.228. The number of piperidine rings is 1. The fourth-order valence-electron chi connectivity index (χ4n) is 8.89. The first kappa shape index (κ1) is 28.3. The van der Waals surface area contributed by atoms with E-state index in [1.54, 1.807) is 18.2 Å². The summed E-state index contributed by atoms with van der Waals surface area (Å²) in [6.45, 7) is 2.69. The average Bonchev–Trinajstić information content (AvgIpc) is 3.41. The van der Waals surface area contributed by atoms with Crippen molar-refractivity contribution in [2.24, 2.45) is 5.92 Å². The maximum absolute atomic E-state index is 15.0. The maximum atomic E-state index is 15.0. The van der Waals surface area contributed by atoms with Crippen LogP contribution in [0.2, 0.25) is 0 Å². The Kier molecular flexibility index (Phi) is 6.74. The monoisotopic (exact) mass is 588 g/mol. The number of benzene rings is 2. The molecule has 42 heavy (non-hydrogen) atoms. The van der Waals surface area contributed by atoms with Gasteiger partial charge in [-0.3, -0.25) is 9.69 Å². The van der Waals surface area contributed by atoms with Crippen molar-refractivity contribution in [3.8, 4) is 0 Å². The molecule has 5 aliphatic rings. The third kappa shape index (κ3) is 4.40. The van der Waals surface area contributed by atoms with Gasteiger partial charge in [0.1, 0.15) is 5.82 Å². The summed E-state index contributed by atoms with van der Waals surface area (Å²) in [5, 5.41) is 0. The molecule has 2 aromatic carbocycles. The first-order valence-electron chi connectivity index (χ1n) is 15.3. The van der Waals surface area contributed by atoms with Crippen molar-refractivity contribution in [1.82, 2.24) is 9.80 Å². The number of ether oxygens (including phenoxy) is 1. The van der Waals surface area contributed by atoms with Crippen LogP contribution in [-0.4, -0.2) is 65.8 Å². The molecule has 6 atom stereocenters. The van der Waals surface area contributed by atoms with Gasteiger partial charge in [0.15, 0.2) is 0 Å². The zero-order valence-electron chi connectivity index (χ0n) is 23.8. The van der Waals surface area contributed by atoms with Gasteiger partial charge in [-0.25, -0.2) is 8.78 Å². The van der Waals surface area contributed by atoms with Crippen LogP contribution in [0.1, 0.15) is 67.7 Å². The molecule has 0 saturated carbocycles. The summed E-state index contributed by atoms with van der Waals surface area (Å²) in [4.78, 5) is 18.9. The summed E-state index contributed by atoms with van der Waals surface area (Å²) in [6.07, 6.45) is 1.18. The van der Waals surface area contributed by atoms with E-state index in [1.807, 2.05) is 0 Å². The van der Waals surface area contributed by atoms with Crippen molar-refractivity contribution in [3.63, 3.8) is 0 Å². The number of carbonyl (C=O) groups excluding carboxylic acids is 1. The highest BCUT2D eigenvalue weighted by atomic mass is 19.4. The van der Waals surface area contributed by atoms with Gasteiger partial charge in [-0.1, -0.05) is 30.3 Å². The van der Waals surface area contributed by atoms with Crippen LogP contribution < -0.4 is 0 Å². The van der Waals surface area contributed by atoms with Gasteiger partial charge in [0.2, 0.25) is 11.6 Å². The van der Waals surface area contributed by atoms with Crippen LogP contribution in [0.4, 0.5) is 22.0 Å². The molecule has 0 spiro atoms. The Hall–Kier alpha value is -2.52. The number of nitrogens with zero attached hydrogens (tertiary/aromatic N) is 2. The molecule has 4 heterocycles. The highest BCUT2D eigenvalue weighted by Crippen LogP contribution is 2.52. The van der Waals surface area contributed by atoms with Crippen molar-refractivity contribution < 1.29 is 31.5 Å². The minimum atomic E-state index is -5.03. The summed E-state index contributed by atoms with van der Waals surface area (Å²) >= 11 is 0. The first-order chi connectivity index (χ1) is 20.0. The van der Waals surface area contributed by atoms with Gasteiger partial charge in [0.25, 0.3) is 0 Å². The van der Waals surface area contributed by atoms with Crippen LogP contribution in [-0.2, 0) is 33.5 Å². The largest absolute Gasteiger partial charge is 0.426 e. The van der Waals surface area contributed by atoms with E-state index >= 15 is 0 Å². The van der Waals surface area contributed by atoms with Gasteiger partial charge in [-0.15, -0.1) is 0 Å². The second kappa shape index (κ2) is 10.0. The SMILES string of the molecule is CC(F)(c1ccc2c(c1)CC[C@H]1N(C(=O)[C@@H]3C[C@H]4CC[C@@H](C3)N4C3COC3)CC[C@@]21Cc1ccc(F)cc1)C(F)(F)F. The molecular formula is C33H37F5N2O2. The molecule has 4 nitrogen and oxygen atoms in total. The van der Waals surface area contributed by atoms with Crippen LogP contribution in [0, 0.1) is 11.7 Å². The molecule has 226 valence electrons. The van der Waals surface area contributed by atoms with Gasteiger partial charge in [0, 0.05) is 36.0 Å². The molecule has 1 aliphatic carbocycles. The van der Waals surface area contributed by atoms with Gasteiger partial charge < -0.3 is 9.64 Å². The molecule has 9 heteroatoms. The van der Waals surface area contributed by atoms with E-state index < -0.39 is 22.8 Å². The van der Waals surface area contributed by atoms with Crippen LogP contribution >= 0.6 is 0 Å². The Morgan fingerprint density at radius 2 is 1.67 bits per heavy atom. The Balaban J connectivity index is 1.20. The number of hydrogen-bond acceptors (Lipinski definition) is 3. The van der Waals surface area contributed by atoms with Crippen LogP contribution in [0.3, 0.4) is 0 Å². The zero-order chi connectivity index (χ0) is 29.4. The number of amides is 1. The van der Waals surface area contributed by atoms with E-state index in [4.69, 9.17) is 4.74 Å². The summed E-state index contributed by atoms with van der Waals surface area (Å²) < 4.78 is 74.9. The lowest BCUT2D eigenvalue weighted by atomic mass is 9.63. The van der Waals surface area contributed by atoms with E-state index in [2.05, 4.69) is 9.80 Å². The molecule has 4 saturated heterocycles. The normalized spacial score (nSPS) is 32.7. The number of fused-ring (bicyclic) bond motifs is 5. The van der Waals surface area contributed by atoms with Crippen LogP contribution in [0.5, 0.6) is 0 Å². The number of carbonyl (C=O) groups is 1. The van der Waals surface area contributed by atoms with Crippen molar-refractivity contribution >= 4 is 5.91 Å². The van der Waals surface area contributed by atoms with Crippen molar-refractivity contribution in [2.45, 2.75) is 99.7 Å². The Morgan fingerprint density at radius 3 is 2.29 bits per heavy atom. The van der Waals surface area contributed by atoms with Gasteiger partial charge >= 0.3 is 6.18 Å².